The van der Waals surface area contributed by atoms with Crippen molar-refractivity contribution >= 4 is 23.4 Å². The van der Waals surface area contributed by atoms with Gasteiger partial charge in [0.1, 0.15) is 12.2 Å². The van der Waals surface area contributed by atoms with E-state index in [4.69, 9.17) is 14.5 Å². The summed E-state index contributed by atoms with van der Waals surface area (Å²) in [6, 6.07) is 2.78. The van der Waals surface area contributed by atoms with Crippen molar-refractivity contribution in [3.63, 3.8) is 0 Å². The van der Waals surface area contributed by atoms with Gasteiger partial charge in [-0.2, -0.15) is 5.26 Å². The maximum absolute atomic E-state index is 16.6. The Hall–Kier alpha value is -1.45. The van der Waals surface area contributed by atoms with Crippen LogP contribution < -0.4 is 27.0 Å². The Morgan fingerprint density at radius 2 is 1.65 bits per heavy atom. The van der Waals surface area contributed by atoms with Crippen LogP contribution in [0.1, 0.15) is 124 Å². The molecule has 0 radical (unpaired) electrons. The highest BCUT2D eigenvalue weighted by atomic mass is 32.2. The molecule has 0 aromatic heterocycles. The molecule has 0 bridgehead atoms. The van der Waals surface area contributed by atoms with E-state index in [1.54, 1.807) is 7.11 Å². The van der Waals surface area contributed by atoms with Gasteiger partial charge in [0.2, 0.25) is 5.91 Å². The summed E-state index contributed by atoms with van der Waals surface area (Å²) in [4.78, 5) is 26.6. The first-order chi connectivity index (χ1) is 29.0. The number of likely N-dealkylation sites (tertiary alicyclic amines) is 2. The molecule has 3 saturated carbocycles. The SMILES string of the molecule is COC1CC(OC2CCC(NC(=O)C3CCC(N4CCC5(CCN(C6CCC(C7=N[C@@H](C)C8NNC(C)N8C8SC(C)C(C)C78)C(F)C6)CC5)C4)NN3)CC2)CCC1C#N. The molecule has 15 atom stereocenters. The number of rotatable bonds is 8. The molecule has 9 aliphatic rings. The van der Waals surface area contributed by atoms with E-state index in [1.807, 2.05) is 0 Å². The van der Waals surface area contributed by atoms with Gasteiger partial charge >= 0.3 is 0 Å². The number of nitrogens with zero attached hydrogens (tertiary/aromatic N) is 5. The molecule has 1 amide bonds. The Labute approximate surface area is 363 Å². The Kier molecular flexibility index (Phi) is 13.6. The quantitative estimate of drug-likeness (QED) is 0.232. The average Bonchev–Trinajstić information content (AvgIpc) is 3.92. The number of hydrogen-bond donors (Lipinski definition) is 5. The van der Waals surface area contributed by atoms with Crippen LogP contribution in [0.15, 0.2) is 4.99 Å². The molecule has 3 aliphatic carbocycles. The first-order valence-corrected chi connectivity index (χ1v) is 25.0. The summed E-state index contributed by atoms with van der Waals surface area (Å²) in [6.07, 6.45) is 14.4. The predicted octanol–water partition coefficient (Wildman–Crippen LogP) is 4.65. The molecule has 15 heteroatoms. The second-order valence-corrected chi connectivity index (χ2v) is 22.1. The molecule has 60 heavy (non-hydrogen) atoms. The molecule has 13 nitrogen and oxygen atoms in total. The van der Waals surface area contributed by atoms with E-state index in [9.17, 15) is 10.1 Å². The predicted molar refractivity (Wildman–Crippen MR) is 233 cm³/mol. The van der Waals surface area contributed by atoms with Crippen LogP contribution in [0.4, 0.5) is 4.39 Å². The summed E-state index contributed by atoms with van der Waals surface area (Å²) in [5.41, 5.74) is 15.4. The standard InChI is InChI=1S/C45H75FN10O3S/c1-26-28(3)60-44-40(26)41(48-27(2)42-53-50-29(4)56(42)44)35-13-9-32(22-36(35)46)54-19-16-45(17-20-54)18-21-55(25-45)39-15-14-37(51-52-39)43(57)49-31-7-11-33(12-8-31)59-34-10-6-30(24-47)38(23-34)58-5/h26-40,42,44,50-53H,6-23,25H2,1-5H3,(H,49,57)/t26?,27-,28?,29?,30?,31?,32?,33?,34?,35?,36?,37?,38?,39?,40?,42?,44?/m0/s1. The third-order valence-corrected chi connectivity index (χ3v) is 18.8. The maximum atomic E-state index is 16.6. The number of hydrazine groups is 2. The Morgan fingerprint density at radius 3 is 2.35 bits per heavy atom. The highest BCUT2D eigenvalue weighted by molar-refractivity contribution is 8.00. The monoisotopic (exact) mass is 855 g/mol. The summed E-state index contributed by atoms with van der Waals surface area (Å²) in [6.45, 7) is 13.5. The van der Waals surface area contributed by atoms with Gasteiger partial charge in [-0.25, -0.2) is 26.1 Å². The highest BCUT2D eigenvalue weighted by Gasteiger charge is 2.55. The first-order valence-electron chi connectivity index (χ1n) is 24.1. The molecule has 9 rings (SSSR count). The molecule has 14 unspecified atom stereocenters. The van der Waals surface area contributed by atoms with Gasteiger partial charge in [-0.3, -0.25) is 19.6 Å². The van der Waals surface area contributed by atoms with Crippen molar-refractivity contribution in [3.8, 4) is 6.07 Å². The second-order valence-electron chi connectivity index (χ2n) is 20.6. The molecule has 5 saturated heterocycles. The number of fused-ring (bicyclic) bond motifs is 3. The lowest BCUT2D eigenvalue weighted by Gasteiger charge is -2.46. The van der Waals surface area contributed by atoms with Gasteiger partial charge < -0.3 is 19.7 Å². The van der Waals surface area contributed by atoms with Crippen LogP contribution in [-0.4, -0.2) is 137 Å². The van der Waals surface area contributed by atoms with Crippen LogP contribution >= 0.6 is 11.8 Å². The molecule has 1 spiro atoms. The van der Waals surface area contributed by atoms with Gasteiger partial charge in [0.25, 0.3) is 0 Å². The normalized spacial score (nSPS) is 46.6. The summed E-state index contributed by atoms with van der Waals surface area (Å²) in [7, 11) is 1.70. The first kappa shape index (κ1) is 43.8. The Morgan fingerprint density at radius 1 is 0.900 bits per heavy atom. The van der Waals surface area contributed by atoms with Crippen molar-refractivity contribution in [3.05, 3.63) is 0 Å². The smallest absolute Gasteiger partial charge is 0.238 e. The summed E-state index contributed by atoms with van der Waals surface area (Å²) < 4.78 is 28.6. The van der Waals surface area contributed by atoms with E-state index >= 15 is 4.39 Å². The lowest BCUT2D eigenvalue weighted by Crippen LogP contribution is -2.62. The fraction of sp³-hybridized carbons (Fsp3) is 0.933. The number of alkyl halides is 1. The van der Waals surface area contributed by atoms with E-state index < -0.39 is 6.17 Å². The van der Waals surface area contributed by atoms with Crippen LogP contribution in [0.5, 0.6) is 0 Å². The van der Waals surface area contributed by atoms with Gasteiger partial charge in [0.05, 0.1) is 60.2 Å². The molecular weight excluding hydrogens is 780 g/mol. The zero-order valence-corrected chi connectivity index (χ0v) is 37.8. The topological polar surface area (TPSA) is 142 Å². The number of methoxy groups -OCH3 is 1. The van der Waals surface area contributed by atoms with Crippen molar-refractivity contribution in [2.24, 2.45) is 34.1 Å². The number of piperidine rings is 1. The van der Waals surface area contributed by atoms with Gasteiger partial charge in [-0.05, 0) is 128 Å². The van der Waals surface area contributed by atoms with Crippen LogP contribution in [0, 0.1) is 40.4 Å². The number of hydrogen-bond acceptors (Lipinski definition) is 13. The van der Waals surface area contributed by atoms with Gasteiger partial charge in [-0.1, -0.05) is 13.8 Å². The zero-order valence-electron chi connectivity index (χ0n) is 37.0. The summed E-state index contributed by atoms with van der Waals surface area (Å²) >= 11 is 2.07. The number of carbonyl (C=O) groups excluding carboxylic acids is 1. The number of nitrogens with one attached hydrogen (secondary N) is 5. The van der Waals surface area contributed by atoms with Crippen molar-refractivity contribution in [2.45, 2.75) is 202 Å². The number of thioether (sulfide) groups is 1. The van der Waals surface area contributed by atoms with E-state index in [-0.39, 0.29) is 72.7 Å². The number of carbonyl (C=O) groups is 1. The lowest BCUT2D eigenvalue weighted by atomic mass is 9.73. The zero-order chi connectivity index (χ0) is 41.7. The third-order valence-electron chi connectivity index (χ3n) is 17.1. The van der Waals surface area contributed by atoms with E-state index in [0.29, 0.717) is 40.3 Å². The number of nitriles is 1. The minimum atomic E-state index is -0.833. The van der Waals surface area contributed by atoms with Gasteiger partial charge in [0.15, 0.2) is 0 Å². The molecule has 5 N–H and O–H groups in total. The lowest BCUT2D eigenvalue weighted by molar-refractivity contribution is -0.126. The highest BCUT2D eigenvalue weighted by Crippen LogP contribution is 2.51. The van der Waals surface area contributed by atoms with E-state index in [1.165, 1.54) is 25.0 Å². The van der Waals surface area contributed by atoms with Crippen LogP contribution in [0.3, 0.4) is 0 Å². The summed E-state index contributed by atoms with van der Waals surface area (Å²) in [5.74, 6) is 0.785. The Balaban J connectivity index is 0.696. The van der Waals surface area contributed by atoms with Gasteiger partial charge in [0, 0.05) is 61.5 Å². The minimum absolute atomic E-state index is 0.0337. The van der Waals surface area contributed by atoms with Crippen molar-refractivity contribution in [2.75, 3.05) is 33.3 Å². The number of halogens is 1. The average molecular weight is 855 g/mol. The summed E-state index contributed by atoms with van der Waals surface area (Å²) in [5, 5.41) is 13.6. The molecule has 0 aromatic rings. The van der Waals surface area contributed by atoms with E-state index in [2.05, 4.69) is 87.2 Å². The van der Waals surface area contributed by atoms with Crippen molar-refractivity contribution < 1.29 is 18.7 Å². The Bertz CT molecular complexity index is 1570. The molecule has 8 fully saturated rings. The molecule has 336 valence electrons. The number of aliphatic imine (C=N–C) groups is 1. The number of amides is 1. The fourth-order valence-electron chi connectivity index (χ4n) is 13.2. The van der Waals surface area contributed by atoms with Crippen LogP contribution in [-0.2, 0) is 14.3 Å². The molecular formula is C45H75FN10O3S. The third kappa shape index (κ3) is 8.83. The van der Waals surface area contributed by atoms with Crippen LogP contribution in [0.25, 0.3) is 0 Å². The molecule has 6 aliphatic heterocycles. The number of ether oxygens (including phenoxy) is 2. The molecule has 6 heterocycles. The second kappa shape index (κ2) is 18.6. The van der Waals surface area contributed by atoms with E-state index in [0.717, 1.165) is 96.8 Å². The minimum Gasteiger partial charge on any atom is -0.380 e. The van der Waals surface area contributed by atoms with Crippen molar-refractivity contribution in [1.82, 2.24) is 41.7 Å². The van der Waals surface area contributed by atoms with Crippen LogP contribution in [0.2, 0.25) is 0 Å². The van der Waals surface area contributed by atoms with Crippen molar-refractivity contribution in [1.29, 1.82) is 5.26 Å². The maximum Gasteiger partial charge on any atom is 0.238 e. The fourth-order valence-corrected chi connectivity index (χ4v) is 15.0. The largest absolute Gasteiger partial charge is 0.380 e. The van der Waals surface area contributed by atoms with Gasteiger partial charge in [-0.15, -0.1) is 11.8 Å². The molecule has 0 aromatic carbocycles.